The molecule has 2 atom stereocenters. The lowest BCUT2D eigenvalue weighted by atomic mass is 9.88. The minimum absolute atomic E-state index is 0. The van der Waals surface area contributed by atoms with Crippen LogP contribution in [-0.2, 0) is 0 Å². The van der Waals surface area contributed by atoms with Crippen LogP contribution in [0.1, 0.15) is 77.0 Å². The minimum atomic E-state index is 0. The molecule has 0 bridgehead atoms. The van der Waals surface area contributed by atoms with E-state index in [0.717, 1.165) is 11.8 Å². The van der Waals surface area contributed by atoms with Crippen molar-refractivity contribution < 1.29 is 0 Å². The maximum absolute atomic E-state index is 1.56. The fraction of sp³-hybridized carbons (Fsp3) is 1.00. The number of hydrogen-bond donors (Lipinski definition) is 0. The van der Waals surface area contributed by atoms with Crippen molar-refractivity contribution in [3.05, 3.63) is 0 Å². The summed E-state index contributed by atoms with van der Waals surface area (Å²) in [5.41, 5.74) is 0. The van der Waals surface area contributed by atoms with Gasteiger partial charge in [0.1, 0.15) is 0 Å². The van der Waals surface area contributed by atoms with Gasteiger partial charge in [0.15, 0.2) is 0 Å². The Hall–Kier alpha value is 1.82. The molecule has 2 aliphatic rings. The van der Waals surface area contributed by atoms with Gasteiger partial charge >= 0.3 is 0 Å². The smallest absolute Gasteiger partial charge is 0.0316 e. The van der Waals surface area contributed by atoms with Crippen LogP contribution >= 0.6 is 51.1 Å². The predicted octanol–water partition coefficient (Wildman–Crippen LogP) is 7.44. The summed E-state index contributed by atoms with van der Waals surface area (Å²) in [6.45, 7) is 0. The first kappa shape index (κ1) is 23.8. The van der Waals surface area contributed by atoms with Crippen molar-refractivity contribution in [2.24, 2.45) is 11.8 Å². The topological polar surface area (TPSA) is 0 Å². The zero-order valence-electron chi connectivity index (χ0n) is 14.3. The maximum atomic E-state index is 1.56. The summed E-state index contributed by atoms with van der Waals surface area (Å²) in [5, 5.41) is 0. The second kappa shape index (κ2) is 16.3. The molecule has 0 aromatic heterocycles. The summed E-state index contributed by atoms with van der Waals surface area (Å²) < 4.78 is 0. The molecule has 0 nitrogen and oxygen atoms in total. The van der Waals surface area contributed by atoms with E-state index >= 15 is 0 Å². The zero-order valence-corrected chi connectivity index (χ0v) is 19.7. The van der Waals surface area contributed by atoms with Gasteiger partial charge in [0, 0.05) is 0 Å². The Balaban J connectivity index is 0.00000220. The third kappa shape index (κ3) is 11.4. The van der Waals surface area contributed by atoms with Gasteiger partial charge in [-0.3, -0.25) is 0 Å². The highest BCUT2D eigenvalue weighted by molar-refractivity contribution is 8.93. The van der Waals surface area contributed by atoms with Crippen LogP contribution in [0.2, 0.25) is 0 Å². The molecule has 22 heavy (non-hydrogen) atoms. The average Bonchev–Trinajstić information content (AvgIpc) is 2.52. The molecule has 2 fully saturated rings. The molecule has 0 radical (unpaired) electrons. The van der Waals surface area contributed by atoms with Crippen molar-refractivity contribution in [3.63, 3.8) is 0 Å². The number of hydrogen-bond acceptors (Lipinski definition) is 0. The molecule has 2 aliphatic carbocycles. The molecule has 2 unspecified atom stereocenters. The maximum Gasteiger partial charge on any atom is -0.0316 e. The van der Waals surface area contributed by atoms with Crippen LogP contribution in [0.3, 0.4) is 0 Å². The molecule has 134 valence electrons. The van der Waals surface area contributed by atoms with Gasteiger partial charge in [0.25, 0.3) is 0 Å². The number of halogens is 2. The first-order valence-corrected chi connectivity index (χ1v) is 12.2. The van der Waals surface area contributed by atoms with E-state index in [1.54, 1.807) is 63.2 Å². The standard InChI is InChI=1S/C18H36P2.2BrH/c1-3-7-17(8-4-1)11-13-19-15-16-20-14-12-18-9-5-2-6-10-18;;/h17-20H,1-16H2;2*1H. The number of rotatable bonds is 9. The van der Waals surface area contributed by atoms with Gasteiger partial charge in [-0.25, -0.2) is 0 Å². The quantitative estimate of drug-likeness (QED) is 0.240. The van der Waals surface area contributed by atoms with Crippen LogP contribution in [0.5, 0.6) is 0 Å². The van der Waals surface area contributed by atoms with Crippen LogP contribution in [-0.4, -0.2) is 24.6 Å². The van der Waals surface area contributed by atoms with Gasteiger partial charge in [-0.15, -0.1) is 51.1 Å². The van der Waals surface area contributed by atoms with Crippen LogP contribution in [0.25, 0.3) is 0 Å². The van der Waals surface area contributed by atoms with Gasteiger partial charge in [0.2, 0.25) is 0 Å². The zero-order chi connectivity index (χ0) is 13.9. The molecule has 0 aromatic carbocycles. The average molecular weight is 476 g/mol. The fourth-order valence-corrected chi connectivity index (χ4v) is 7.13. The first-order valence-electron chi connectivity index (χ1n) is 9.36. The van der Waals surface area contributed by atoms with E-state index in [-0.39, 0.29) is 34.0 Å². The van der Waals surface area contributed by atoms with E-state index in [1.807, 2.05) is 0 Å². The lowest BCUT2D eigenvalue weighted by molar-refractivity contribution is 0.351. The Labute approximate surface area is 164 Å². The summed E-state index contributed by atoms with van der Waals surface area (Å²) >= 11 is 0. The van der Waals surface area contributed by atoms with E-state index in [9.17, 15) is 0 Å². The van der Waals surface area contributed by atoms with Gasteiger partial charge in [-0.1, -0.05) is 64.2 Å². The summed E-state index contributed by atoms with van der Waals surface area (Å²) in [7, 11) is 2.56. The van der Waals surface area contributed by atoms with Crippen LogP contribution in [0.15, 0.2) is 0 Å². The Morgan fingerprint density at radius 3 is 1.23 bits per heavy atom. The van der Waals surface area contributed by atoms with Crippen molar-refractivity contribution in [3.8, 4) is 0 Å². The molecule has 0 spiro atoms. The third-order valence-electron chi connectivity index (χ3n) is 5.39. The van der Waals surface area contributed by atoms with Crippen LogP contribution < -0.4 is 0 Å². The highest BCUT2D eigenvalue weighted by atomic mass is 79.9. The summed E-state index contributed by atoms with van der Waals surface area (Å²) in [5.74, 6) is 2.23. The first-order chi connectivity index (χ1) is 9.95. The molecule has 0 amide bonds. The molecule has 2 saturated carbocycles. The normalized spacial score (nSPS) is 21.3. The highest BCUT2D eigenvalue weighted by Gasteiger charge is 2.13. The Morgan fingerprint density at radius 1 is 0.500 bits per heavy atom. The molecule has 0 aromatic rings. The van der Waals surface area contributed by atoms with E-state index in [4.69, 9.17) is 0 Å². The van der Waals surface area contributed by atoms with Crippen molar-refractivity contribution in [2.45, 2.75) is 77.0 Å². The van der Waals surface area contributed by atoms with Crippen molar-refractivity contribution in [1.29, 1.82) is 0 Å². The molecular formula is C18H38Br2P2. The second-order valence-corrected chi connectivity index (χ2v) is 10.1. The largest absolute Gasteiger partial charge is 0.122 e. The monoisotopic (exact) mass is 474 g/mol. The van der Waals surface area contributed by atoms with Crippen LogP contribution in [0, 0.1) is 11.8 Å². The van der Waals surface area contributed by atoms with Crippen molar-refractivity contribution >= 4 is 51.1 Å². The van der Waals surface area contributed by atoms with E-state index in [2.05, 4.69) is 0 Å². The molecule has 0 N–H and O–H groups in total. The third-order valence-corrected chi connectivity index (χ3v) is 8.38. The SMILES string of the molecule is Br.Br.C1CCC(CCPCCPCCC2CCCCC2)CC1. The molecule has 2 rings (SSSR count). The summed E-state index contributed by atoms with van der Waals surface area (Å²) in [6, 6.07) is 0. The van der Waals surface area contributed by atoms with Crippen LogP contribution in [0.4, 0.5) is 0 Å². The molecule has 0 aliphatic heterocycles. The second-order valence-electron chi connectivity index (χ2n) is 7.09. The van der Waals surface area contributed by atoms with Crippen molar-refractivity contribution in [1.82, 2.24) is 0 Å². The molecule has 0 heterocycles. The van der Waals surface area contributed by atoms with E-state index in [0.29, 0.717) is 0 Å². The Morgan fingerprint density at radius 2 is 0.864 bits per heavy atom. The Bertz CT molecular complexity index is 203. The lowest BCUT2D eigenvalue weighted by Gasteiger charge is -2.21. The van der Waals surface area contributed by atoms with Gasteiger partial charge in [0.05, 0.1) is 0 Å². The summed E-state index contributed by atoms with van der Waals surface area (Å²) in [6.07, 6.45) is 24.7. The molecular weight excluding hydrogens is 438 g/mol. The lowest BCUT2D eigenvalue weighted by Crippen LogP contribution is -2.07. The Kier molecular flexibility index (Phi) is 17.6. The van der Waals surface area contributed by atoms with E-state index < -0.39 is 0 Å². The minimum Gasteiger partial charge on any atom is -0.122 e. The van der Waals surface area contributed by atoms with Crippen molar-refractivity contribution in [2.75, 3.05) is 24.6 Å². The van der Waals surface area contributed by atoms with Gasteiger partial charge in [-0.2, -0.15) is 0 Å². The predicted molar refractivity (Wildman–Crippen MR) is 119 cm³/mol. The molecule has 0 saturated heterocycles. The fourth-order valence-electron chi connectivity index (χ4n) is 3.99. The highest BCUT2D eigenvalue weighted by Crippen LogP contribution is 2.31. The van der Waals surface area contributed by atoms with Gasteiger partial charge < -0.3 is 0 Å². The molecule has 4 heteroatoms. The van der Waals surface area contributed by atoms with Gasteiger partial charge in [-0.05, 0) is 49.3 Å². The summed E-state index contributed by atoms with van der Waals surface area (Å²) in [4.78, 5) is 0. The van der Waals surface area contributed by atoms with E-state index in [1.165, 1.54) is 55.7 Å².